The van der Waals surface area contributed by atoms with Gasteiger partial charge in [0.2, 0.25) is 24.1 Å². The molecule has 4 aromatic rings. The van der Waals surface area contributed by atoms with Crippen LogP contribution in [0, 0.1) is 0 Å². The molecule has 0 atom stereocenters. The maximum atomic E-state index is 12.5. The number of amides is 4. The first-order valence-corrected chi connectivity index (χ1v) is 22.3. The summed E-state index contributed by atoms with van der Waals surface area (Å²) >= 11 is 14.8. The number of thiophene rings is 1. The Labute approximate surface area is 382 Å². The van der Waals surface area contributed by atoms with E-state index in [4.69, 9.17) is 42.6 Å². The Hall–Kier alpha value is -4.82. The summed E-state index contributed by atoms with van der Waals surface area (Å²) in [6, 6.07) is 7.80. The number of benzene rings is 1. The standard InChI is InChI=1S/C42H56Cl2N8O7S.CH3NO/c1-48(2)15-6-7-37(56)50(21-22-53)20-19-49(3)39-11-9-30(60-39)8-10-36(55)45-14-24-59-26-25-58-23-5-4-16-52-18-13-35(47-52)31-27-33(43)41(44)42-40(31)32-28-51(38(57)29-54)17-12-34(32)46-42;2-1-3/h6-7,9,11,13,18,22,27,46,54H,4-5,8,10,12,14-17,19-21,23-26,28-29H2,1-3H3,(H,45,55);1H,(H2,2,3)/b7-6+;. The number of anilines is 1. The fraction of sp³-hybridized carbons (Fsp3) is 0.488. The van der Waals surface area contributed by atoms with Gasteiger partial charge >= 0.3 is 0 Å². The highest BCUT2D eigenvalue weighted by Crippen LogP contribution is 2.42. The monoisotopic (exact) mass is 931 g/mol. The predicted octanol–water partition coefficient (Wildman–Crippen LogP) is 3.52. The molecule has 1 aromatic carbocycles. The van der Waals surface area contributed by atoms with E-state index < -0.39 is 6.61 Å². The zero-order valence-corrected chi connectivity index (χ0v) is 38.5. The first-order chi connectivity index (χ1) is 30.4. The third-order valence-electron chi connectivity index (χ3n) is 10.1. The van der Waals surface area contributed by atoms with Crippen LogP contribution in [0.3, 0.4) is 0 Å². The summed E-state index contributed by atoms with van der Waals surface area (Å²) in [5.74, 6) is -0.531. The number of rotatable bonds is 25. The second-order valence-electron chi connectivity index (χ2n) is 14.9. The molecule has 63 heavy (non-hydrogen) atoms. The number of likely N-dealkylation sites (N-methyl/N-ethyl adjacent to an activating group) is 2. The Bertz CT molecular complexity index is 2140. The lowest BCUT2D eigenvalue weighted by Crippen LogP contribution is -2.37. The number of aldehydes is 1. The molecule has 0 radical (unpaired) electrons. The van der Waals surface area contributed by atoms with Gasteiger partial charge in [0.1, 0.15) is 12.9 Å². The minimum atomic E-state index is -0.529. The van der Waals surface area contributed by atoms with E-state index in [-0.39, 0.29) is 30.7 Å². The summed E-state index contributed by atoms with van der Waals surface area (Å²) in [4.78, 5) is 68.6. The van der Waals surface area contributed by atoms with Crippen molar-refractivity contribution in [2.24, 2.45) is 5.73 Å². The molecule has 5 N–H and O–H groups in total. The van der Waals surface area contributed by atoms with Gasteiger partial charge < -0.3 is 55.0 Å². The fourth-order valence-corrected chi connectivity index (χ4v) is 8.20. The topological polar surface area (TPSA) is 209 Å². The van der Waals surface area contributed by atoms with E-state index in [0.717, 1.165) is 62.4 Å². The third-order valence-corrected chi connectivity index (χ3v) is 12.1. The normalized spacial score (nSPS) is 12.3. The number of nitrogens with zero attached hydrogens (tertiary/aromatic N) is 6. The number of aryl methyl sites for hydroxylation is 2. The van der Waals surface area contributed by atoms with Crippen molar-refractivity contribution in [2.75, 3.05) is 98.3 Å². The molecule has 344 valence electrons. The fourth-order valence-electron chi connectivity index (χ4n) is 6.81. The highest BCUT2D eigenvalue weighted by molar-refractivity contribution is 7.16. The van der Waals surface area contributed by atoms with E-state index in [1.165, 1.54) is 11.0 Å². The van der Waals surface area contributed by atoms with E-state index in [9.17, 15) is 24.3 Å². The Balaban J connectivity index is 0.00000282. The van der Waals surface area contributed by atoms with Gasteiger partial charge in [0.25, 0.3) is 0 Å². The van der Waals surface area contributed by atoms with Gasteiger partial charge in [0.05, 0.1) is 52.6 Å². The first-order valence-electron chi connectivity index (χ1n) is 20.8. The lowest BCUT2D eigenvalue weighted by molar-refractivity contribution is -0.135. The van der Waals surface area contributed by atoms with Crippen molar-refractivity contribution in [2.45, 2.75) is 45.2 Å². The molecule has 0 saturated carbocycles. The smallest absolute Gasteiger partial charge is 0.248 e. The number of nitrogens with one attached hydrogen (secondary N) is 2. The van der Waals surface area contributed by atoms with Gasteiger partial charge in [0, 0.05) is 112 Å². The molecule has 0 saturated heterocycles. The molecule has 4 amide bonds. The Kier molecular flexibility index (Phi) is 21.6. The van der Waals surface area contributed by atoms with Crippen molar-refractivity contribution < 1.29 is 38.6 Å². The van der Waals surface area contributed by atoms with Crippen molar-refractivity contribution >= 4 is 80.9 Å². The number of ether oxygens (including phenoxy) is 2. The van der Waals surface area contributed by atoms with Crippen molar-refractivity contribution in [1.82, 2.24) is 34.8 Å². The average Bonchev–Trinajstić information content (AvgIpc) is 4.04. The summed E-state index contributed by atoms with van der Waals surface area (Å²) in [6.07, 6.45) is 9.56. The molecule has 0 aliphatic carbocycles. The number of aliphatic hydroxyl groups excluding tert-OH is 1. The number of nitrogens with two attached hydrogens (primary N) is 1. The van der Waals surface area contributed by atoms with E-state index in [1.807, 2.05) is 61.2 Å². The first kappa shape index (κ1) is 50.8. The van der Waals surface area contributed by atoms with Gasteiger partial charge in [-0.1, -0.05) is 29.3 Å². The zero-order valence-electron chi connectivity index (χ0n) is 36.2. The molecule has 0 spiro atoms. The van der Waals surface area contributed by atoms with Crippen molar-refractivity contribution in [3.63, 3.8) is 0 Å². The summed E-state index contributed by atoms with van der Waals surface area (Å²) < 4.78 is 13.3. The van der Waals surface area contributed by atoms with Crippen LogP contribution in [-0.4, -0.2) is 158 Å². The Morgan fingerprint density at radius 3 is 2.54 bits per heavy atom. The molecular formula is C43H59Cl2N9O8S. The van der Waals surface area contributed by atoms with Crippen molar-refractivity contribution in [3.8, 4) is 11.3 Å². The highest BCUT2D eigenvalue weighted by atomic mass is 35.5. The molecule has 5 rings (SSSR count). The van der Waals surface area contributed by atoms with Crippen LogP contribution >= 0.6 is 34.5 Å². The molecule has 0 bridgehead atoms. The van der Waals surface area contributed by atoms with E-state index in [2.05, 4.69) is 20.9 Å². The lowest BCUT2D eigenvalue weighted by Gasteiger charge is -2.26. The van der Waals surface area contributed by atoms with Crippen LogP contribution in [0.25, 0.3) is 22.2 Å². The van der Waals surface area contributed by atoms with Crippen molar-refractivity contribution in [3.05, 3.63) is 68.8 Å². The number of halogens is 2. The Morgan fingerprint density at radius 2 is 1.81 bits per heavy atom. The molecule has 0 fully saturated rings. The van der Waals surface area contributed by atoms with Gasteiger partial charge in [0.15, 0.2) is 0 Å². The molecule has 0 unspecified atom stereocenters. The van der Waals surface area contributed by atoms with Crippen LogP contribution in [0.4, 0.5) is 5.00 Å². The molecular weight excluding hydrogens is 874 g/mol. The summed E-state index contributed by atoms with van der Waals surface area (Å²) in [7, 11) is 5.79. The number of carbonyl (C=O) groups is 5. The van der Waals surface area contributed by atoms with Gasteiger partial charge in [-0.25, -0.2) is 0 Å². The second-order valence-corrected chi connectivity index (χ2v) is 16.9. The van der Waals surface area contributed by atoms with Crippen LogP contribution in [0.1, 0.15) is 35.4 Å². The average molecular weight is 933 g/mol. The zero-order chi connectivity index (χ0) is 45.7. The molecule has 3 aromatic heterocycles. The van der Waals surface area contributed by atoms with Crippen LogP contribution in [0.15, 0.2) is 42.6 Å². The molecule has 17 nitrogen and oxygen atoms in total. The molecule has 1 aliphatic rings. The van der Waals surface area contributed by atoms with Crippen LogP contribution in [0.2, 0.25) is 10.0 Å². The van der Waals surface area contributed by atoms with Crippen LogP contribution < -0.4 is 16.0 Å². The molecule has 4 heterocycles. The van der Waals surface area contributed by atoms with E-state index >= 15 is 0 Å². The number of fused-ring (bicyclic) bond motifs is 3. The summed E-state index contributed by atoms with van der Waals surface area (Å²) in [5.41, 5.74) is 8.45. The molecule has 20 heteroatoms. The van der Waals surface area contributed by atoms with Crippen molar-refractivity contribution in [1.29, 1.82) is 0 Å². The highest BCUT2D eigenvalue weighted by Gasteiger charge is 2.27. The van der Waals surface area contributed by atoms with Crippen LogP contribution in [0.5, 0.6) is 0 Å². The van der Waals surface area contributed by atoms with Gasteiger partial charge in [-0.15, -0.1) is 11.3 Å². The number of primary amides is 1. The SMILES string of the molecule is CN(C)C/C=C/C(=O)N(CC=O)CCN(C)c1ccc(CCC(=O)NCCOCCOCCCCn2ccc(-c3cc(Cl)c(Cl)c4[nH]c5c(c34)CN(C(=O)CO)CC5)n2)s1.NC=O. The number of H-pyrrole nitrogens is 1. The predicted molar refractivity (Wildman–Crippen MR) is 246 cm³/mol. The number of aliphatic hydroxyl groups is 1. The largest absolute Gasteiger partial charge is 0.387 e. The Morgan fingerprint density at radius 1 is 1.05 bits per heavy atom. The summed E-state index contributed by atoms with van der Waals surface area (Å²) in [6.45, 7) is 5.06. The number of hydrogen-bond donors (Lipinski definition) is 4. The van der Waals surface area contributed by atoms with Crippen LogP contribution in [-0.2, 0) is 59.4 Å². The molecule has 1 aliphatic heterocycles. The maximum absolute atomic E-state index is 12.5. The number of aromatic amines is 1. The van der Waals surface area contributed by atoms with E-state index in [1.54, 1.807) is 22.3 Å². The number of unbranched alkanes of at least 4 members (excludes halogenated alkanes) is 1. The van der Waals surface area contributed by atoms with E-state index in [0.29, 0.717) is 102 Å². The van der Waals surface area contributed by atoms with Gasteiger partial charge in [-0.3, -0.25) is 23.9 Å². The maximum Gasteiger partial charge on any atom is 0.248 e. The lowest BCUT2D eigenvalue weighted by atomic mass is 9.99. The minimum Gasteiger partial charge on any atom is -0.387 e. The quantitative estimate of drug-likeness (QED) is 0.0430. The number of hydrogen-bond acceptors (Lipinski definition) is 12. The minimum absolute atomic E-state index is 0.0373. The van der Waals surface area contributed by atoms with Gasteiger partial charge in [-0.2, -0.15) is 5.10 Å². The summed E-state index contributed by atoms with van der Waals surface area (Å²) in [5, 5.41) is 19.9. The van der Waals surface area contributed by atoms with Gasteiger partial charge in [-0.05, 0) is 57.6 Å². The number of aromatic nitrogens is 3. The third kappa shape index (κ3) is 15.7. The second kappa shape index (κ2) is 26.7. The number of carbonyl (C=O) groups excluding carboxylic acids is 5.